The predicted octanol–water partition coefficient (Wildman–Crippen LogP) is 3.77. The minimum absolute atomic E-state index is 0.0354. The fourth-order valence-corrected chi connectivity index (χ4v) is 3.46. The number of aromatic nitrogens is 2. The van der Waals surface area contributed by atoms with E-state index in [1.165, 1.54) is 17.5 Å². The summed E-state index contributed by atoms with van der Waals surface area (Å²) < 4.78 is 38.7. The number of nitrogens with two attached hydrogens (primary N) is 1. The minimum Gasteiger partial charge on any atom is -0.337 e. The number of anilines is 1. The topological polar surface area (TPSA) is 110 Å². The van der Waals surface area contributed by atoms with Crippen molar-refractivity contribution in [3.63, 3.8) is 0 Å². The van der Waals surface area contributed by atoms with E-state index in [-0.39, 0.29) is 17.9 Å². The average Bonchev–Trinajstić information content (AvgIpc) is 3.23. The lowest BCUT2D eigenvalue weighted by Gasteiger charge is -2.08. The number of alkyl halides is 3. The van der Waals surface area contributed by atoms with Gasteiger partial charge in [0.15, 0.2) is 10.9 Å². The fourth-order valence-electron chi connectivity index (χ4n) is 2.79. The highest BCUT2D eigenvalue weighted by molar-refractivity contribution is 7.16. The number of hydrogen-bond acceptors (Lipinski definition) is 6. The Kier molecular flexibility index (Phi) is 7.99. The molecule has 0 atom stereocenters. The van der Waals surface area contributed by atoms with Crippen LogP contribution in [0.4, 0.5) is 23.1 Å². The van der Waals surface area contributed by atoms with Gasteiger partial charge in [-0.25, -0.2) is 9.78 Å². The van der Waals surface area contributed by atoms with Gasteiger partial charge in [-0.05, 0) is 36.6 Å². The summed E-state index contributed by atoms with van der Waals surface area (Å²) in [5.41, 5.74) is 6.25. The van der Waals surface area contributed by atoms with Gasteiger partial charge in [-0.2, -0.15) is 13.2 Å². The summed E-state index contributed by atoms with van der Waals surface area (Å²) in [5, 5.41) is 5.51. The first kappa shape index (κ1) is 24.9. The van der Waals surface area contributed by atoms with Gasteiger partial charge < -0.3 is 11.1 Å². The van der Waals surface area contributed by atoms with Crippen molar-refractivity contribution in [1.82, 2.24) is 15.3 Å². The Bertz CT molecular complexity index is 1260. The number of urea groups is 1. The standard InChI is InChI=1S/C23H20F3N5O2S/c1-14-2-3-16(20(32)12-18-11-17(6-8-28-18)23(24,25)26)10-15(14)4-5-19-13-30-22(34-19)31-21(33)29-9-7-27/h2-3,6,8,10-11,13H,7,9,12,27H2,1H3,(H2,29,30,31,33). The number of amides is 2. The van der Waals surface area contributed by atoms with E-state index in [9.17, 15) is 22.8 Å². The maximum absolute atomic E-state index is 12.9. The molecule has 2 amide bonds. The second-order valence-corrected chi connectivity index (χ2v) is 8.14. The van der Waals surface area contributed by atoms with Gasteiger partial charge in [0.2, 0.25) is 0 Å². The molecule has 0 aliphatic heterocycles. The van der Waals surface area contributed by atoms with Gasteiger partial charge in [0, 0.05) is 36.1 Å². The lowest BCUT2D eigenvalue weighted by atomic mass is 10.00. The molecule has 2 aromatic heterocycles. The van der Waals surface area contributed by atoms with E-state index < -0.39 is 17.8 Å². The number of halogens is 3. The molecule has 0 saturated carbocycles. The van der Waals surface area contributed by atoms with Gasteiger partial charge in [-0.15, -0.1) is 0 Å². The van der Waals surface area contributed by atoms with Crippen LogP contribution in [0, 0.1) is 18.8 Å². The monoisotopic (exact) mass is 487 g/mol. The van der Waals surface area contributed by atoms with Crippen LogP contribution in [0.1, 0.15) is 37.6 Å². The van der Waals surface area contributed by atoms with Gasteiger partial charge in [-0.3, -0.25) is 15.1 Å². The van der Waals surface area contributed by atoms with E-state index in [0.717, 1.165) is 23.9 Å². The van der Waals surface area contributed by atoms with E-state index in [0.29, 0.717) is 34.2 Å². The summed E-state index contributed by atoms with van der Waals surface area (Å²) in [4.78, 5) is 32.9. The third-order valence-corrected chi connectivity index (χ3v) is 5.35. The maximum Gasteiger partial charge on any atom is 0.416 e. The Balaban J connectivity index is 1.72. The van der Waals surface area contributed by atoms with Crippen molar-refractivity contribution < 1.29 is 22.8 Å². The minimum atomic E-state index is -4.51. The lowest BCUT2D eigenvalue weighted by Crippen LogP contribution is -2.32. The molecule has 4 N–H and O–H groups in total. The first-order valence-electron chi connectivity index (χ1n) is 10.0. The average molecular weight is 488 g/mol. The highest BCUT2D eigenvalue weighted by Gasteiger charge is 2.30. The molecule has 0 bridgehead atoms. The Morgan fingerprint density at radius 3 is 2.68 bits per heavy atom. The zero-order chi connectivity index (χ0) is 24.7. The lowest BCUT2D eigenvalue weighted by molar-refractivity contribution is -0.137. The number of carbonyl (C=O) groups is 2. The molecule has 0 radical (unpaired) electrons. The molecule has 176 valence electrons. The molecule has 11 heteroatoms. The van der Waals surface area contributed by atoms with Crippen LogP contribution in [-0.4, -0.2) is 34.9 Å². The molecule has 0 aliphatic rings. The molecule has 0 fully saturated rings. The smallest absolute Gasteiger partial charge is 0.337 e. The van der Waals surface area contributed by atoms with Crippen LogP contribution in [0.5, 0.6) is 0 Å². The molecule has 7 nitrogen and oxygen atoms in total. The summed E-state index contributed by atoms with van der Waals surface area (Å²) in [6.07, 6.45) is -2.22. The summed E-state index contributed by atoms with van der Waals surface area (Å²) in [6, 6.07) is 6.23. The Labute approximate surface area is 197 Å². The summed E-state index contributed by atoms with van der Waals surface area (Å²) >= 11 is 1.18. The number of rotatable bonds is 6. The number of nitrogens with zero attached hydrogens (tertiary/aromatic N) is 2. The van der Waals surface area contributed by atoms with Gasteiger partial charge in [0.05, 0.1) is 23.1 Å². The van der Waals surface area contributed by atoms with Gasteiger partial charge in [0.25, 0.3) is 0 Å². The van der Waals surface area contributed by atoms with E-state index in [2.05, 4.69) is 32.4 Å². The zero-order valence-electron chi connectivity index (χ0n) is 18.0. The number of carbonyl (C=O) groups excluding carboxylic acids is 2. The normalized spacial score (nSPS) is 10.9. The largest absolute Gasteiger partial charge is 0.416 e. The van der Waals surface area contributed by atoms with Crippen molar-refractivity contribution in [1.29, 1.82) is 0 Å². The molecule has 0 unspecified atom stereocenters. The van der Waals surface area contributed by atoms with E-state index in [4.69, 9.17) is 5.73 Å². The quantitative estimate of drug-likeness (QED) is 0.362. The predicted molar refractivity (Wildman–Crippen MR) is 123 cm³/mol. The number of thiazole rings is 1. The number of benzene rings is 1. The van der Waals surface area contributed by atoms with E-state index >= 15 is 0 Å². The van der Waals surface area contributed by atoms with Crippen molar-refractivity contribution >= 4 is 28.3 Å². The molecular formula is C23H20F3N5O2S. The Morgan fingerprint density at radius 1 is 1.15 bits per heavy atom. The summed E-state index contributed by atoms with van der Waals surface area (Å²) in [6.45, 7) is 2.48. The number of hydrogen-bond donors (Lipinski definition) is 3. The van der Waals surface area contributed by atoms with Crippen LogP contribution in [0.25, 0.3) is 0 Å². The van der Waals surface area contributed by atoms with Crippen LogP contribution in [0.15, 0.2) is 42.7 Å². The Hall–Kier alpha value is -3.75. The second-order valence-electron chi connectivity index (χ2n) is 7.11. The molecule has 3 aromatic rings. The van der Waals surface area contributed by atoms with Crippen LogP contribution in [0.3, 0.4) is 0 Å². The van der Waals surface area contributed by atoms with Gasteiger partial charge >= 0.3 is 12.2 Å². The maximum atomic E-state index is 12.9. The third kappa shape index (κ3) is 6.87. The van der Waals surface area contributed by atoms with E-state index in [1.54, 1.807) is 18.2 Å². The van der Waals surface area contributed by atoms with Crippen LogP contribution in [-0.2, 0) is 12.6 Å². The van der Waals surface area contributed by atoms with Gasteiger partial charge in [0.1, 0.15) is 0 Å². The fraction of sp³-hybridized carbons (Fsp3) is 0.217. The first-order valence-corrected chi connectivity index (χ1v) is 10.9. The summed E-state index contributed by atoms with van der Waals surface area (Å²) in [7, 11) is 0. The van der Waals surface area contributed by atoms with Crippen molar-refractivity contribution in [2.24, 2.45) is 5.73 Å². The molecule has 0 spiro atoms. The molecule has 3 rings (SSSR count). The van der Waals surface area contributed by atoms with Crippen LogP contribution in [0.2, 0.25) is 0 Å². The van der Waals surface area contributed by atoms with Crippen LogP contribution >= 0.6 is 11.3 Å². The Morgan fingerprint density at radius 2 is 1.94 bits per heavy atom. The highest BCUT2D eigenvalue weighted by atomic mass is 32.1. The first-order chi connectivity index (χ1) is 16.2. The van der Waals surface area contributed by atoms with Crippen molar-refractivity contribution in [2.75, 3.05) is 18.4 Å². The SMILES string of the molecule is Cc1ccc(C(=O)Cc2cc(C(F)(F)F)ccn2)cc1C#Cc1cnc(NC(=O)NCCN)s1. The molecular weight excluding hydrogens is 467 g/mol. The van der Waals surface area contributed by atoms with Crippen molar-refractivity contribution in [3.8, 4) is 11.8 Å². The highest BCUT2D eigenvalue weighted by Crippen LogP contribution is 2.29. The molecule has 2 heterocycles. The van der Waals surface area contributed by atoms with E-state index in [1.807, 2.05) is 6.92 Å². The third-order valence-electron chi connectivity index (χ3n) is 4.52. The van der Waals surface area contributed by atoms with Crippen molar-refractivity contribution in [3.05, 3.63) is 75.6 Å². The number of pyridine rings is 1. The number of nitrogens with one attached hydrogen (secondary N) is 2. The molecule has 34 heavy (non-hydrogen) atoms. The number of aryl methyl sites for hydroxylation is 1. The molecule has 0 saturated heterocycles. The molecule has 1 aromatic carbocycles. The van der Waals surface area contributed by atoms with Gasteiger partial charge in [-0.1, -0.05) is 29.4 Å². The second kappa shape index (κ2) is 10.9. The van der Waals surface area contributed by atoms with Crippen LogP contribution < -0.4 is 16.4 Å². The van der Waals surface area contributed by atoms with Crippen molar-refractivity contribution in [2.45, 2.75) is 19.5 Å². The molecule has 0 aliphatic carbocycles. The summed E-state index contributed by atoms with van der Waals surface area (Å²) in [5.74, 6) is 5.55. The zero-order valence-corrected chi connectivity index (χ0v) is 18.8. The number of ketones is 1. The number of Topliss-reactive ketones (excluding diaryl/α,β-unsaturated/α-hetero) is 1.